The maximum absolute atomic E-state index is 13.1. The van der Waals surface area contributed by atoms with E-state index in [1.54, 1.807) is 12.1 Å². The topological polar surface area (TPSA) is 113 Å². The Hall–Kier alpha value is -3.86. The molecule has 1 aliphatic heterocycles. The summed E-state index contributed by atoms with van der Waals surface area (Å²) in [6.45, 7) is 4.93. The number of para-hydroxylation sites is 1. The van der Waals surface area contributed by atoms with E-state index in [4.69, 9.17) is 23.9 Å². The van der Waals surface area contributed by atoms with E-state index in [0.717, 1.165) is 18.6 Å². The molecule has 1 aromatic heterocycles. The molecule has 3 aromatic rings. The largest absolute Gasteiger partial charge is 0.493 e. The minimum atomic E-state index is -0.960. The van der Waals surface area contributed by atoms with Crippen LogP contribution >= 0.6 is 11.8 Å². The molecule has 0 spiro atoms. The molecule has 0 bridgehead atoms. The van der Waals surface area contributed by atoms with Crippen LogP contribution < -0.4 is 23.8 Å². The first-order valence-electron chi connectivity index (χ1n) is 12.8. The Morgan fingerprint density at radius 3 is 2.38 bits per heavy atom. The average molecular weight is 553 g/mol. The fourth-order valence-electron chi connectivity index (χ4n) is 4.31. The number of aromatic nitrogens is 3. The van der Waals surface area contributed by atoms with Gasteiger partial charge in [0.1, 0.15) is 0 Å². The van der Waals surface area contributed by atoms with E-state index < -0.39 is 12.2 Å². The minimum absolute atomic E-state index is 0.130. The molecule has 4 rings (SSSR count). The number of thioether (sulfide) groups is 1. The van der Waals surface area contributed by atoms with Crippen LogP contribution in [-0.2, 0) is 9.59 Å². The van der Waals surface area contributed by atoms with Gasteiger partial charge in [0.25, 0.3) is 0 Å². The van der Waals surface area contributed by atoms with Crippen molar-refractivity contribution in [2.24, 2.45) is 0 Å². The first-order valence-corrected chi connectivity index (χ1v) is 13.7. The van der Waals surface area contributed by atoms with Crippen LogP contribution in [0.15, 0.2) is 41.6 Å². The van der Waals surface area contributed by atoms with Gasteiger partial charge in [-0.3, -0.25) is 14.5 Å². The van der Waals surface area contributed by atoms with E-state index >= 15 is 0 Å². The number of carbonyl (C=O) groups is 2. The maximum atomic E-state index is 13.1. The predicted molar refractivity (Wildman–Crippen MR) is 148 cm³/mol. The molecule has 10 nitrogen and oxygen atoms in total. The highest BCUT2D eigenvalue weighted by Crippen LogP contribution is 2.46. The van der Waals surface area contributed by atoms with Crippen molar-refractivity contribution in [3.8, 4) is 34.4 Å². The number of fused-ring (bicyclic) bond motifs is 3. The Kier molecular flexibility index (Phi) is 9.23. The van der Waals surface area contributed by atoms with Gasteiger partial charge in [-0.1, -0.05) is 56.1 Å². The van der Waals surface area contributed by atoms with Crippen molar-refractivity contribution >= 4 is 29.3 Å². The van der Waals surface area contributed by atoms with Crippen molar-refractivity contribution in [2.75, 3.05) is 24.9 Å². The second-order valence-electron chi connectivity index (χ2n) is 8.88. The monoisotopic (exact) mass is 552 g/mol. The number of nitrogens with zero attached hydrogens (tertiary/aromatic N) is 4. The summed E-state index contributed by atoms with van der Waals surface area (Å²) >= 11 is 1.52. The molecule has 39 heavy (non-hydrogen) atoms. The molecule has 0 saturated heterocycles. The lowest BCUT2D eigenvalue weighted by Gasteiger charge is -2.30. The number of anilines is 1. The van der Waals surface area contributed by atoms with Crippen molar-refractivity contribution in [3.05, 3.63) is 42.0 Å². The highest BCUT2D eigenvalue weighted by Gasteiger charge is 2.36. The van der Waals surface area contributed by atoms with Gasteiger partial charge in [-0.05, 0) is 24.6 Å². The molecular formula is C28H32N4O6S. The van der Waals surface area contributed by atoms with Crippen molar-refractivity contribution in [3.63, 3.8) is 0 Å². The van der Waals surface area contributed by atoms with Gasteiger partial charge in [-0.15, -0.1) is 10.2 Å². The van der Waals surface area contributed by atoms with Crippen molar-refractivity contribution in [2.45, 2.75) is 57.8 Å². The number of benzene rings is 2. The van der Waals surface area contributed by atoms with Crippen LogP contribution in [0.3, 0.4) is 0 Å². The van der Waals surface area contributed by atoms with Gasteiger partial charge in [-0.2, -0.15) is 4.98 Å². The number of hydrogen-bond acceptors (Lipinski definition) is 10. The Balaban J connectivity index is 1.82. The Bertz CT molecular complexity index is 1330. The molecule has 2 aromatic carbocycles. The van der Waals surface area contributed by atoms with Gasteiger partial charge in [-0.25, -0.2) is 0 Å². The second-order valence-corrected chi connectivity index (χ2v) is 9.94. The molecule has 206 valence electrons. The lowest BCUT2D eigenvalue weighted by Crippen LogP contribution is -2.36. The molecule has 1 amide bonds. The van der Waals surface area contributed by atoms with Crippen LogP contribution in [-0.4, -0.2) is 47.0 Å². The summed E-state index contributed by atoms with van der Waals surface area (Å²) in [5, 5.41) is 9.31. The van der Waals surface area contributed by atoms with Crippen LogP contribution in [0.4, 0.5) is 5.69 Å². The minimum Gasteiger partial charge on any atom is -0.493 e. The van der Waals surface area contributed by atoms with Gasteiger partial charge < -0.3 is 18.9 Å². The third kappa shape index (κ3) is 6.25. The van der Waals surface area contributed by atoms with Crippen LogP contribution in [0.25, 0.3) is 11.3 Å². The molecule has 0 saturated carbocycles. The molecule has 1 aliphatic rings. The lowest BCUT2D eigenvalue weighted by molar-refractivity contribution is -0.132. The summed E-state index contributed by atoms with van der Waals surface area (Å²) in [7, 11) is 2.90. The smallest absolute Gasteiger partial charge is 0.308 e. The van der Waals surface area contributed by atoms with Crippen molar-refractivity contribution in [1.29, 1.82) is 0 Å². The third-order valence-corrected chi connectivity index (χ3v) is 7.02. The SMILES string of the molecule is CCCCCCSc1nnc2c(n1)OC(c1cc(OC)c(OC(C)=O)c(OC)c1)N(C(C)=O)c1ccccc1-2. The number of esters is 1. The van der Waals surface area contributed by atoms with Crippen molar-refractivity contribution < 1.29 is 28.5 Å². The molecule has 0 radical (unpaired) electrons. The Labute approximate surface area is 232 Å². The summed E-state index contributed by atoms with van der Waals surface area (Å²) in [4.78, 5) is 31.1. The summed E-state index contributed by atoms with van der Waals surface area (Å²) < 4.78 is 22.9. The van der Waals surface area contributed by atoms with Crippen LogP contribution in [0.2, 0.25) is 0 Å². The van der Waals surface area contributed by atoms with Gasteiger partial charge in [0, 0.05) is 30.7 Å². The van der Waals surface area contributed by atoms with Crippen LogP contribution in [0.1, 0.15) is 58.2 Å². The molecule has 0 N–H and O–H groups in total. The number of rotatable bonds is 10. The van der Waals surface area contributed by atoms with E-state index in [2.05, 4.69) is 17.1 Å². The lowest BCUT2D eigenvalue weighted by atomic mass is 10.1. The number of unbranched alkanes of at least 4 members (excludes halogenated alkanes) is 3. The first-order chi connectivity index (χ1) is 18.9. The predicted octanol–water partition coefficient (Wildman–Crippen LogP) is 5.60. The van der Waals surface area contributed by atoms with Crippen molar-refractivity contribution in [1.82, 2.24) is 15.2 Å². The van der Waals surface area contributed by atoms with Gasteiger partial charge in [0.15, 0.2) is 17.2 Å². The molecule has 0 fully saturated rings. The van der Waals surface area contributed by atoms with E-state index in [0.29, 0.717) is 27.7 Å². The van der Waals surface area contributed by atoms with E-state index in [1.165, 1.54) is 57.6 Å². The van der Waals surface area contributed by atoms with Gasteiger partial charge in [0.2, 0.25) is 28.9 Å². The van der Waals surface area contributed by atoms with Crippen LogP contribution in [0.5, 0.6) is 23.1 Å². The van der Waals surface area contributed by atoms with E-state index in [9.17, 15) is 9.59 Å². The first kappa shape index (κ1) is 28.2. The average Bonchev–Trinajstić information content (AvgIpc) is 3.07. The number of amides is 1. The number of ether oxygens (including phenoxy) is 4. The summed E-state index contributed by atoms with van der Waals surface area (Å²) in [5.74, 6) is 0.949. The Morgan fingerprint density at radius 1 is 1.03 bits per heavy atom. The van der Waals surface area contributed by atoms with Crippen LogP contribution in [0, 0.1) is 0 Å². The van der Waals surface area contributed by atoms with Gasteiger partial charge >= 0.3 is 5.97 Å². The Morgan fingerprint density at radius 2 is 1.74 bits per heavy atom. The highest BCUT2D eigenvalue weighted by atomic mass is 32.2. The summed E-state index contributed by atoms with van der Waals surface area (Å²) in [5.41, 5.74) is 2.21. The number of methoxy groups -OCH3 is 2. The summed E-state index contributed by atoms with van der Waals surface area (Å²) in [6, 6.07) is 10.7. The highest BCUT2D eigenvalue weighted by molar-refractivity contribution is 7.99. The number of hydrogen-bond donors (Lipinski definition) is 0. The van der Waals surface area contributed by atoms with E-state index in [-0.39, 0.29) is 29.0 Å². The zero-order valence-electron chi connectivity index (χ0n) is 22.7. The molecule has 2 heterocycles. The maximum Gasteiger partial charge on any atom is 0.308 e. The second kappa shape index (κ2) is 12.8. The molecule has 1 atom stereocenters. The standard InChI is InChI=1S/C28H32N4O6S/c1-6-7-8-11-14-39-28-29-26-24(30-31-28)20-12-9-10-13-21(20)32(17(2)33)27(38-26)19-15-22(35-4)25(37-18(3)34)23(16-19)36-5/h9-10,12-13,15-16,27H,6-8,11,14H2,1-5H3. The normalized spacial score (nSPS) is 14.0. The third-order valence-electron chi connectivity index (χ3n) is 6.09. The summed E-state index contributed by atoms with van der Waals surface area (Å²) in [6.07, 6.45) is 3.60. The molecule has 11 heteroatoms. The molecule has 0 aliphatic carbocycles. The molecular weight excluding hydrogens is 520 g/mol. The molecule has 1 unspecified atom stereocenters. The fraction of sp³-hybridized carbons (Fsp3) is 0.393. The zero-order chi connectivity index (χ0) is 27.9. The van der Waals surface area contributed by atoms with Gasteiger partial charge in [0.05, 0.1) is 19.9 Å². The quantitative estimate of drug-likeness (QED) is 0.136. The fourth-order valence-corrected chi connectivity index (χ4v) is 5.09. The number of carbonyl (C=O) groups excluding carboxylic acids is 2. The zero-order valence-corrected chi connectivity index (χ0v) is 23.5. The van der Waals surface area contributed by atoms with E-state index in [1.807, 2.05) is 24.3 Å².